The molecule has 8 heteroatoms. The van der Waals surface area contributed by atoms with Gasteiger partial charge in [-0.3, -0.25) is 0 Å². The Bertz CT molecular complexity index is 180. The molecule has 3 nitrogen and oxygen atoms in total. The summed E-state index contributed by atoms with van der Waals surface area (Å²) < 4.78 is 31.1. The molecule has 0 rings (SSSR count). The SMILES string of the molecule is O=S(=O)(F)OC(Cl)(Cl)Cl. The van der Waals surface area contributed by atoms with Gasteiger partial charge in [0, 0.05) is 0 Å². The average molecular weight is 217 g/mol. The van der Waals surface area contributed by atoms with E-state index in [0.717, 1.165) is 0 Å². The molecule has 0 saturated heterocycles. The van der Waals surface area contributed by atoms with Crippen LogP contribution in [0.4, 0.5) is 3.89 Å². The average Bonchev–Trinajstić information content (AvgIpc) is 1.14. The first-order valence-corrected chi connectivity index (χ1v) is 3.87. The fourth-order valence-corrected chi connectivity index (χ4v) is 1.02. The predicted octanol–water partition coefficient (Wildman–Crippen LogP) is 1.55. The summed E-state index contributed by atoms with van der Waals surface area (Å²) in [5.74, 6) is 0. The molecular weight excluding hydrogens is 217 g/mol. The summed E-state index contributed by atoms with van der Waals surface area (Å²) in [4.78, 5) is 0. The molecule has 0 N–H and O–H groups in total. The Morgan fingerprint density at radius 2 is 1.67 bits per heavy atom. The maximum Gasteiger partial charge on any atom is 0.441 e. The van der Waals surface area contributed by atoms with E-state index in [-0.39, 0.29) is 0 Å². The van der Waals surface area contributed by atoms with Gasteiger partial charge in [0.05, 0.1) is 0 Å². The smallest absolute Gasteiger partial charge is 0.190 e. The summed E-state index contributed by atoms with van der Waals surface area (Å²) in [6.07, 6.45) is 0. The molecule has 0 aliphatic heterocycles. The van der Waals surface area contributed by atoms with E-state index in [4.69, 9.17) is 34.8 Å². The highest BCUT2D eigenvalue weighted by molar-refractivity contribution is 7.81. The van der Waals surface area contributed by atoms with Crippen molar-refractivity contribution >= 4 is 45.3 Å². The molecule has 56 valence electrons. The van der Waals surface area contributed by atoms with Crippen molar-refractivity contribution in [1.82, 2.24) is 0 Å². The predicted molar refractivity (Wildman–Crippen MR) is 31.4 cm³/mol. The molecule has 0 aliphatic rings. The number of hydrogen-bond acceptors (Lipinski definition) is 3. The minimum atomic E-state index is -5.18. The lowest BCUT2D eigenvalue weighted by atomic mass is 11.7. The normalized spacial score (nSPS) is 13.8. The second-order valence-corrected chi connectivity index (χ2v) is 4.05. The lowest BCUT2D eigenvalue weighted by Crippen LogP contribution is -2.12. The number of alkyl halides is 3. The summed E-state index contributed by atoms with van der Waals surface area (Å²) in [5, 5.41) is 0. The second-order valence-electron chi connectivity index (χ2n) is 0.922. The van der Waals surface area contributed by atoms with Crippen molar-refractivity contribution in [1.29, 1.82) is 0 Å². The molecule has 0 radical (unpaired) electrons. The Kier molecular flexibility index (Phi) is 2.97. The van der Waals surface area contributed by atoms with Crippen LogP contribution in [0.15, 0.2) is 0 Å². The lowest BCUT2D eigenvalue weighted by molar-refractivity contribution is 0.295. The molecule has 0 bridgehead atoms. The fraction of sp³-hybridized carbons (Fsp3) is 1.00. The zero-order valence-corrected chi connectivity index (χ0v) is 6.73. The third-order valence-corrected chi connectivity index (χ3v) is 1.15. The van der Waals surface area contributed by atoms with E-state index in [1.807, 2.05) is 0 Å². The summed E-state index contributed by atoms with van der Waals surface area (Å²) in [5.41, 5.74) is 0. The van der Waals surface area contributed by atoms with Crippen LogP contribution in [0.1, 0.15) is 0 Å². The van der Waals surface area contributed by atoms with Crippen molar-refractivity contribution < 1.29 is 16.5 Å². The monoisotopic (exact) mass is 216 g/mol. The molecule has 0 unspecified atom stereocenters. The van der Waals surface area contributed by atoms with E-state index < -0.39 is 14.5 Å². The zero-order chi connectivity index (χ0) is 7.71. The lowest BCUT2D eigenvalue weighted by Gasteiger charge is -2.04. The molecule has 0 saturated carbocycles. The first-order chi connectivity index (χ1) is 3.71. The Morgan fingerprint density at radius 3 is 1.67 bits per heavy atom. The minimum absolute atomic E-state index is 2.56. The Labute approximate surface area is 66.1 Å². The van der Waals surface area contributed by atoms with E-state index in [9.17, 15) is 12.3 Å². The Balaban J connectivity index is 4.07. The van der Waals surface area contributed by atoms with Gasteiger partial charge in [0.1, 0.15) is 0 Å². The first-order valence-electron chi connectivity index (χ1n) is 1.43. The van der Waals surface area contributed by atoms with Crippen LogP contribution in [0.25, 0.3) is 0 Å². The van der Waals surface area contributed by atoms with Crippen LogP contribution < -0.4 is 0 Å². The Hall–Kier alpha value is 0.710. The van der Waals surface area contributed by atoms with E-state index >= 15 is 0 Å². The van der Waals surface area contributed by atoms with Gasteiger partial charge in [0.2, 0.25) is 0 Å². The van der Waals surface area contributed by atoms with Crippen LogP contribution in [-0.4, -0.2) is 12.4 Å². The topological polar surface area (TPSA) is 43.4 Å². The maximum atomic E-state index is 11.4. The summed E-state index contributed by atoms with van der Waals surface area (Å²) in [6, 6.07) is 0. The van der Waals surface area contributed by atoms with Crippen molar-refractivity contribution in [3.8, 4) is 0 Å². The highest BCUT2D eigenvalue weighted by Gasteiger charge is 2.28. The van der Waals surface area contributed by atoms with Crippen molar-refractivity contribution in [3.05, 3.63) is 0 Å². The molecule has 0 aliphatic carbocycles. The highest BCUT2D eigenvalue weighted by Crippen LogP contribution is 2.29. The van der Waals surface area contributed by atoms with E-state index in [1.54, 1.807) is 0 Å². The van der Waals surface area contributed by atoms with Gasteiger partial charge in [-0.2, -0.15) is 12.6 Å². The van der Waals surface area contributed by atoms with Crippen LogP contribution in [0, 0.1) is 0 Å². The van der Waals surface area contributed by atoms with Crippen molar-refractivity contribution in [2.75, 3.05) is 0 Å². The molecule has 0 fully saturated rings. The number of halogens is 4. The van der Waals surface area contributed by atoms with Gasteiger partial charge < -0.3 is 0 Å². The molecule has 0 aromatic heterocycles. The number of rotatable bonds is 1. The molecular formula is CCl3FO3S. The van der Waals surface area contributed by atoms with Crippen LogP contribution in [0.3, 0.4) is 0 Å². The van der Waals surface area contributed by atoms with Crippen LogP contribution in [0.2, 0.25) is 0 Å². The fourth-order valence-electron chi connectivity index (χ4n) is 0.113. The molecule has 0 aromatic rings. The van der Waals surface area contributed by atoms with Gasteiger partial charge in [0.25, 0.3) is 0 Å². The summed E-state index contributed by atoms with van der Waals surface area (Å²) >= 11 is 14.1. The van der Waals surface area contributed by atoms with E-state index in [1.165, 1.54) is 0 Å². The summed E-state index contributed by atoms with van der Waals surface area (Å²) in [6.45, 7) is 0. The van der Waals surface area contributed by atoms with Crippen LogP contribution in [0.5, 0.6) is 0 Å². The Morgan fingerprint density at radius 1 is 1.33 bits per heavy atom. The van der Waals surface area contributed by atoms with Gasteiger partial charge in [-0.25, -0.2) is 0 Å². The second kappa shape index (κ2) is 2.75. The maximum absolute atomic E-state index is 11.4. The third kappa shape index (κ3) is 8.71. The minimum Gasteiger partial charge on any atom is -0.190 e. The summed E-state index contributed by atoms with van der Waals surface area (Å²) in [7, 11) is -5.18. The van der Waals surface area contributed by atoms with Crippen molar-refractivity contribution in [3.63, 3.8) is 0 Å². The third-order valence-electron chi connectivity index (χ3n) is 0.194. The molecule has 0 spiro atoms. The van der Waals surface area contributed by atoms with Crippen LogP contribution in [-0.2, 0) is 14.7 Å². The van der Waals surface area contributed by atoms with E-state index in [2.05, 4.69) is 4.18 Å². The number of hydrogen-bond donors (Lipinski definition) is 0. The first kappa shape index (κ1) is 9.71. The van der Waals surface area contributed by atoms with Gasteiger partial charge in [0.15, 0.2) is 0 Å². The molecule has 0 heterocycles. The van der Waals surface area contributed by atoms with Crippen LogP contribution >= 0.6 is 34.8 Å². The van der Waals surface area contributed by atoms with Gasteiger partial charge in [-0.05, 0) is 0 Å². The molecule has 0 aromatic carbocycles. The molecule has 0 amide bonds. The van der Waals surface area contributed by atoms with Crippen molar-refractivity contribution in [2.45, 2.75) is 3.98 Å². The molecule has 9 heavy (non-hydrogen) atoms. The zero-order valence-electron chi connectivity index (χ0n) is 3.64. The molecule has 0 atom stereocenters. The largest absolute Gasteiger partial charge is 0.441 e. The standard InChI is InChI=1S/CCl3FO3S/c2-1(3,4)8-9(5,6)7. The van der Waals surface area contributed by atoms with Gasteiger partial charge in [-0.1, -0.05) is 38.7 Å². The van der Waals surface area contributed by atoms with Crippen molar-refractivity contribution in [2.24, 2.45) is 0 Å². The quantitative estimate of drug-likeness (QED) is 0.494. The van der Waals surface area contributed by atoms with Gasteiger partial charge >= 0.3 is 14.5 Å². The van der Waals surface area contributed by atoms with E-state index in [0.29, 0.717) is 0 Å². The van der Waals surface area contributed by atoms with Gasteiger partial charge in [-0.15, -0.1) is 0 Å². The highest BCUT2D eigenvalue weighted by atomic mass is 35.6.